The summed E-state index contributed by atoms with van der Waals surface area (Å²) in [6.45, 7) is 4.28. The molecule has 1 aromatic carbocycles. The van der Waals surface area contributed by atoms with Crippen LogP contribution < -0.4 is 0 Å². The zero-order valence-electron chi connectivity index (χ0n) is 11.4. The third-order valence-electron chi connectivity index (χ3n) is 3.82. The molecular formula is C14H18O4S2. The first-order chi connectivity index (χ1) is 9.32. The first-order valence-corrected chi connectivity index (χ1v) is 9.56. The molecule has 1 aliphatic carbocycles. The molecule has 20 heavy (non-hydrogen) atoms. The van der Waals surface area contributed by atoms with E-state index in [2.05, 4.69) is 19.9 Å². The first-order valence-electron chi connectivity index (χ1n) is 6.46. The van der Waals surface area contributed by atoms with Crippen molar-refractivity contribution in [2.75, 3.05) is 0 Å². The number of rotatable bonds is 3. The number of hydrogen-bond acceptors (Lipinski definition) is 3. The van der Waals surface area contributed by atoms with Gasteiger partial charge >= 0.3 is 0 Å². The van der Waals surface area contributed by atoms with Gasteiger partial charge in [-0.15, -0.1) is 0 Å². The van der Waals surface area contributed by atoms with Gasteiger partial charge in [0.15, 0.2) is 0 Å². The second-order valence-electron chi connectivity index (χ2n) is 5.26. The molecule has 0 aliphatic heterocycles. The summed E-state index contributed by atoms with van der Waals surface area (Å²) in [5.74, 6) is 0.785. The molecule has 1 aromatic rings. The molecule has 6 heteroatoms. The van der Waals surface area contributed by atoms with Crippen LogP contribution in [0.3, 0.4) is 0 Å². The molecule has 3 unspecified atom stereocenters. The lowest BCUT2D eigenvalue weighted by atomic mass is 9.78. The molecule has 0 aromatic heterocycles. The normalized spacial score (nSPS) is 25.1. The molecule has 0 heterocycles. The highest BCUT2D eigenvalue weighted by Gasteiger charge is 2.24. The molecule has 0 bridgehead atoms. The van der Waals surface area contributed by atoms with E-state index < -0.39 is 19.0 Å². The highest BCUT2D eigenvalue weighted by molar-refractivity contribution is 8.62. The average Bonchev–Trinajstić information content (AvgIpc) is 2.38. The van der Waals surface area contributed by atoms with Gasteiger partial charge in [-0.05, 0) is 49.3 Å². The molecule has 0 amide bonds. The number of hydrogen-bond donors (Lipinski definition) is 1. The number of benzene rings is 1. The van der Waals surface area contributed by atoms with Crippen molar-refractivity contribution in [2.24, 2.45) is 5.92 Å². The quantitative estimate of drug-likeness (QED) is 0.529. The topological polar surface area (TPSA) is 71.4 Å². The van der Waals surface area contributed by atoms with Crippen LogP contribution in [0.25, 0.3) is 0 Å². The van der Waals surface area contributed by atoms with Crippen molar-refractivity contribution in [3.63, 3.8) is 0 Å². The van der Waals surface area contributed by atoms with E-state index in [0.717, 1.165) is 18.4 Å². The van der Waals surface area contributed by atoms with E-state index in [0.29, 0.717) is 11.8 Å². The Hall–Kier alpha value is -0.980. The molecule has 2 rings (SSSR count). The minimum absolute atomic E-state index is 0.114. The fraction of sp³-hybridized carbons (Fsp3) is 0.429. The van der Waals surface area contributed by atoms with Gasteiger partial charge < -0.3 is 0 Å². The highest BCUT2D eigenvalue weighted by Crippen LogP contribution is 2.36. The fourth-order valence-corrected chi connectivity index (χ4v) is 4.19. The van der Waals surface area contributed by atoms with Gasteiger partial charge in [-0.3, -0.25) is 4.55 Å². The van der Waals surface area contributed by atoms with Crippen molar-refractivity contribution in [1.82, 2.24) is 0 Å². The van der Waals surface area contributed by atoms with Crippen molar-refractivity contribution in [3.05, 3.63) is 41.5 Å². The van der Waals surface area contributed by atoms with Gasteiger partial charge in [0.1, 0.15) is 0 Å². The summed E-state index contributed by atoms with van der Waals surface area (Å²) in [6.07, 6.45) is 4.35. The predicted molar refractivity (Wildman–Crippen MR) is 79.3 cm³/mol. The van der Waals surface area contributed by atoms with Crippen LogP contribution in [0.15, 0.2) is 40.8 Å². The summed E-state index contributed by atoms with van der Waals surface area (Å²) in [6, 6.07) is 6.32. The van der Waals surface area contributed by atoms with Crippen molar-refractivity contribution >= 4 is 19.0 Å². The molecule has 1 N–H and O–H groups in total. The van der Waals surface area contributed by atoms with Crippen molar-refractivity contribution in [3.8, 4) is 0 Å². The third-order valence-corrected chi connectivity index (χ3v) is 6.74. The van der Waals surface area contributed by atoms with Crippen LogP contribution in [-0.4, -0.2) is 17.2 Å². The van der Waals surface area contributed by atoms with E-state index in [-0.39, 0.29) is 4.90 Å². The third kappa shape index (κ3) is 3.02. The van der Waals surface area contributed by atoms with Gasteiger partial charge in [0, 0.05) is 0 Å². The lowest BCUT2D eigenvalue weighted by Crippen LogP contribution is -2.13. The molecular weight excluding hydrogens is 296 g/mol. The predicted octanol–water partition coefficient (Wildman–Crippen LogP) is 3.06. The molecule has 4 nitrogen and oxygen atoms in total. The molecule has 0 radical (unpaired) electrons. The molecule has 3 atom stereocenters. The van der Waals surface area contributed by atoms with E-state index in [1.54, 1.807) is 12.1 Å². The summed E-state index contributed by atoms with van der Waals surface area (Å²) in [5.41, 5.74) is 2.47. The van der Waals surface area contributed by atoms with Gasteiger partial charge in [0.25, 0.3) is 19.0 Å². The van der Waals surface area contributed by atoms with E-state index in [1.165, 1.54) is 17.7 Å². The molecule has 0 saturated carbocycles. The van der Waals surface area contributed by atoms with Crippen molar-refractivity contribution < 1.29 is 17.2 Å². The maximum Gasteiger partial charge on any atom is 0.282 e. The monoisotopic (exact) mass is 314 g/mol. The minimum atomic E-state index is -4.13. The van der Waals surface area contributed by atoms with Crippen molar-refractivity contribution in [1.29, 1.82) is 0 Å². The Labute approximate surface area is 121 Å². The van der Waals surface area contributed by atoms with Crippen LogP contribution >= 0.6 is 0 Å². The Morgan fingerprint density at radius 3 is 2.35 bits per heavy atom. The molecule has 0 saturated heterocycles. The summed E-state index contributed by atoms with van der Waals surface area (Å²) < 4.78 is 42.7. The largest absolute Gasteiger partial charge is 0.294 e. The SMILES string of the molecule is CC1=CC(C)C(c2ccc(S(=O)(=O)S(=O)O)cc2)CC1. The Morgan fingerprint density at radius 2 is 1.85 bits per heavy atom. The van der Waals surface area contributed by atoms with Gasteiger partial charge in [-0.2, -0.15) is 0 Å². The Kier molecular flexibility index (Phi) is 4.46. The van der Waals surface area contributed by atoms with Crippen LogP contribution in [0.5, 0.6) is 0 Å². The van der Waals surface area contributed by atoms with Crippen LogP contribution in [0.2, 0.25) is 0 Å². The molecule has 110 valence electrons. The average molecular weight is 314 g/mol. The maximum atomic E-state index is 11.6. The zero-order chi connectivity index (χ0) is 14.9. The summed E-state index contributed by atoms with van der Waals surface area (Å²) >= 11 is 0. The molecule has 0 spiro atoms. The second-order valence-corrected chi connectivity index (χ2v) is 9.24. The van der Waals surface area contributed by atoms with Gasteiger partial charge in [0.05, 0.1) is 4.90 Å². The van der Waals surface area contributed by atoms with Crippen LogP contribution in [0.4, 0.5) is 0 Å². The minimum Gasteiger partial charge on any atom is -0.294 e. The summed E-state index contributed by atoms with van der Waals surface area (Å²) in [7, 11) is -7.02. The number of allylic oxidation sites excluding steroid dienone is 2. The van der Waals surface area contributed by atoms with E-state index in [4.69, 9.17) is 4.55 Å². The summed E-state index contributed by atoms with van der Waals surface area (Å²) in [4.78, 5) is -0.114. The van der Waals surface area contributed by atoms with Gasteiger partial charge in [0.2, 0.25) is 0 Å². The Balaban J connectivity index is 2.28. The summed E-state index contributed by atoms with van der Waals surface area (Å²) in [5, 5.41) is 0. The van der Waals surface area contributed by atoms with E-state index in [9.17, 15) is 12.6 Å². The van der Waals surface area contributed by atoms with Gasteiger partial charge in [-0.25, -0.2) is 12.6 Å². The van der Waals surface area contributed by atoms with Gasteiger partial charge in [-0.1, -0.05) is 30.7 Å². The Bertz CT molecular complexity index is 644. The smallest absolute Gasteiger partial charge is 0.282 e. The second kappa shape index (κ2) is 5.79. The first kappa shape index (κ1) is 15.4. The van der Waals surface area contributed by atoms with Crippen LogP contribution in [-0.2, 0) is 19.0 Å². The highest BCUT2D eigenvalue weighted by atomic mass is 33.2. The lowest BCUT2D eigenvalue weighted by molar-refractivity contribution is 0.480. The van der Waals surface area contributed by atoms with Crippen molar-refractivity contribution in [2.45, 2.75) is 37.5 Å². The van der Waals surface area contributed by atoms with Crippen LogP contribution in [0, 0.1) is 5.92 Å². The fourth-order valence-electron chi connectivity index (χ4n) is 2.73. The van der Waals surface area contributed by atoms with E-state index >= 15 is 0 Å². The maximum absolute atomic E-state index is 11.6. The van der Waals surface area contributed by atoms with Crippen LogP contribution in [0.1, 0.15) is 38.2 Å². The lowest BCUT2D eigenvalue weighted by Gasteiger charge is -2.27. The molecule has 0 fully saturated rings. The Morgan fingerprint density at radius 1 is 1.25 bits per heavy atom. The zero-order valence-corrected chi connectivity index (χ0v) is 13.1. The molecule has 1 aliphatic rings. The standard InChI is InChI=1S/C14H18O4S2/c1-10-3-8-14(11(2)9-10)12-4-6-13(7-5-12)20(17,18)19(15)16/h4-7,9,11,14H,3,8H2,1-2H3,(H,15,16). The van der Waals surface area contributed by atoms with E-state index in [1.807, 2.05) is 0 Å².